The predicted molar refractivity (Wildman–Crippen MR) is 130 cm³/mol. The third-order valence-electron chi connectivity index (χ3n) is 5.73. The number of carbonyl (C=O) groups excluding carboxylic acids is 1. The highest BCUT2D eigenvalue weighted by Crippen LogP contribution is 2.27. The third-order valence-corrected chi connectivity index (χ3v) is 7.93. The number of hydrogen-bond donors (Lipinski definition) is 1. The topological polar surface area (TPSA) is 69.7 Å². The molecule has 0 aliphatic carbocycles. The van der Waals surface area contributed by atoms with Gasteiger partial charge in [-0.1, -0.05) is 48.7 Å². The molecule has 0 spiro atoms. The van der Waals surface area contributed by atoms with E-state index in [1.54, 1.807) is 36.4 Å². The molecule has 32 heavy (non-hydrogen) atoms. The van der Waals surface area contributed by atoms with E-state index in [1.807, 2.05) is 6.92 Å². The molecule has 1 amide bonds. The molecule has 0 radical (unpaired) electrons. The third kappa shape index (κ3) is 6.70. The number of halogens is 1. The van der Waals surface area contributed by atoms with Crippen molar-refractivity contribution >= 4 is 33.2 Å². The summed E-state index contributed by atoms with van der Waals surface area (Å²) in [7, 11) is -3.92. The summed E-state index contributed by atoms with van der Waals surface area (Å²) in [5.74, 6) is -0.336. The van der Waals surface area contributed by atoms with Crippen LogP contribution in [0, 0.1) is 6.92 Å². The van der Waals surface area contributed by atoms with E-state index in [1.165, 1.54) is 37.8 Å². The van der Waals surface area contributed by atoms with Crippen molar-refractivity contribution in [3.63, 3.8) is 0 Å². The Bertz CT molecular complexity index is 991. The molecule has 174 valence electrons. The maximum Gasteiger partial charge on any atom is 0.264 e. The van der Waals surface area contributed by atoms with Crippen LogP contribution in [0.15, 0.2) is 53.4 Å². The first-order valence-electron chi connectivity index (χ1n) is 11.2. The fraction of sp³-hybridized carbons (Fsp3) is 0.458. The smallest absolute Gasteiger partial charge is 0.264 e. The Morgan fingerprint density at radius 2 is 1.75 bits per heavy atom. The van der Waals surface area contributed by atoms with E-state index in [0.29, 0.717) is 17.3 Å². The maximum atomic E-state index is 13.3. The van der Waals surface area contributed by atoms with Crippen molar-refractivity contribution in [2.24, 2.45) is 0 Å². The average molecular weight is 478 g/mol. The predicted octanol–water partition coefficient (Wildman–Crippen LogP) is 4.23. The van der Waals surface area contributed by atoms with Crippen molar-refractivity contribution in [2.45, 2.75) is 43.9 Å². The Hall–Kier alpha value is -2.09. The number of nitrogens with one attached hydrogen (secondary N) is 1. The Kier molecular flexibility index (Phi) is 8.96. The zero-order valence-corrected chi connectivity index (χ0v) is 20.2. The van der Waals surface area contributed by atoms with Gasteiger partial charge in [-0.2, -0.15) is 0 Å². The zero-order chi connectivity index (χ0) is 23.0. The number of amides is 1. The van der Waals surface area contributed by atoms with Crippen molar-refractivity contribution in [2.75, 3.05) is 37.0 Å². The molecule has 3 rings (SSSR count). The number of nitrogens with zero attached hydrogens (tertiary/aromatic N) is 2. The van der Waals surface area contributed by atoms with Crippen molar-refractivity contribution in [3.8, 4) is 0 Å². The summed E-state index contributed by atoms with van der Waals surface area (Å²) in [6, 6.07) is 13.1. The Labute approximate surface area is 196 Å². The maximum absolute atomic E-state index is 13.3. The summed E-state index contributed by atoms with van der Waals surface area (Å²) in [6.45, 7) is 5.24. The van der Waals surface area contributed by atoms with Crippen LogP contribution >= 0.6 is 11.6 Å². The van der Waals surface area contributed by atoms with E-state index in [2.05, 4.69) is 10.2 Å². The van der Waals surface area contributed by atoms with Crippen LogP contribution in [-0.4, -0.2) is 51.9 Å². The van der Waals surface area contributed by atoms with Gasteiger partial charge in [0.15, 0.2) is 0 Å². The summed E-state index contributed by atoms with van der Waals surface area (Å²) in [5, 5.41) is 3.34. The van der Waals surface area contributed by atoms with E-state index < -0.39 is 10.0 Å². The number of hydrogen-bond acceptors (Lipinski definition) is 4. The van der Waals surface area contributed by atoms with Crippen LogP contribution in [0.1, 0.15) is 37.7 Å². The van der Waals surface area contributed by atoms with Gasteiger partial charge in [0.25, 0.3) is 10.0 Å². The standard InChI is InChI=1S/C24H32ClN3O3S/c1-20-12-13-21(18-23(20)25)28(32(30,31)22-10-5-4-6-11-22)19-24(29)26-14-9-17-27-15-7-2-3-8-16-27/h4-6,10-13,18H,2-3,7-9,14-17,19H2,1H3,(H,26,29). The van der Waals surface area contributed by atoms with Gasteiger partial charge in [0.2, 0.25) is 5.91 Å². The van der Waals surface area contributed by atoms with E-state index in [0.717, 1.165) is 35.9 Å². The Balaban J connectivity index is 1.67. The molecule has 1 aliphatic rings. The van der Waals surface area contributed by atoms with Crippen molar-refractivity contribution in [1.29, 1.82) is 0 Å². The monoisotopic (exact) mass is 477 g/mol. The first-order chi connectivity index (χ1) is 15.4. The quantitative estimate of drug-likeness (QED) is 0.549. The molecule has 0 bridgehead atoms. The van der Waals surface area contributed by atoms with Crippen molar-refractivity contribution in [1.82, 2.24) is 10.2 Å². The van der Waals surface area contributed by atoms with Gasteiger partial charge in [0, 0.05) is 11.6 Å². The zero-order valence-electron chi connectivity index (χ0n) is 18.6. The minimum Gasteiger partial charge on any atom is -0.354 e. The highest BCUT2D eigenvalue weighted by atomic mass is 35.5. The van der Waals surface area contributed by atoms with E-state index in [4.69, 9.17) is 11.6 Å². The number of anilines is 1. The minimum absolute atomic E-state index is 0.130. The number of sulfonamides is 1. The molecular weight excluding hydrogens is 446 g/mol. The van der Waals surface area contributed by atoms with E-state index in [-0.39, 0.29) is 17.3 Å². The lowest BCUT2D eigenvalue weighted by atomic mass is 10.2. The molecule has 2 aromatic rings. The van der Waals surface area contributed by atoms with E-state index in [9.17, 15) is 13.2 Å². The molecular formula is C24H32ClN3O3S. The first kappa shape index (κ1) is 24.6. The number of rotatable bonds is 9. The molecule has 1 N–H and O–H groups in total. The Morgan fingerprint density at radius 3 is 2.41 bits per heavy atom. The summed E-state index contributed by atoms with van der Waals surface area (Å²) in [5.41, 5.74) is 1.20. The molecule has 1 heterocycles. The number of aryl methyl sites for hydroxylation is 1. The fourth-order valence-corrected chi connectivity index (χ4v) is 5.46. The molecule has 0 atom stereocenters. The van der Waals surface area contributed by atoms with Crippen LogP contribution < -0.4 is 9.62 Å². The molecule has 0 saturated carbocycles. The summed E-state index contributed by atoms with van der Waals surface area (Å²) >= 11 is 6.25. The van der Waals surface area contributed by atoms with Crippen LogP contribution in [0.25, 0.3) is 0 Å². The second-order valence-corrected chi connectivity index (χ2v) is 10.5. The molecule has 1 fully saturated rings. The lowest BCUT2D eigenvalue weighted by Crippen LogP contribution is -2.41. The second kappa shape index (κ2) is 11.7. The molecule has 1 aliphatic heterocycles. The molecule has 2 aromatic carbocycles. The van der Waals surface area contributed by atoms with Crippen LogP contribution in [0.5, 0.6) is 0 Å². The van der Waals surface area contributed by atoms with Crippen LogP contribution in [0.3, 0.4) is 0 Å². The molecule has 1 saturated heterocycles. The molecule has 6 nitrogen and oxygen atoms in total. The largest absolute Gasteiger partial charge is 0.354 e. The number of likely N-dealkylation sites (tertiary alicyclic amines) is 1. The average Bonchev–Trinajstić information content (AvgIpc) is 3.06. The fourth-order valence-electron chi connectivity index (χ4n) is 3.85. The van der Waals surface area contributed by atoms with Crippen molar-refractivity contribution in [3.05, 3.63) is 59.1 Å². The highest BCUT2D eigenvalue weighted by molar-refractivity contribution is 7.92. The molecule has 8 heteroatoms. The highest BCUT2D eigenvalue weighted by Gasteiger charge is 2.27. The minimum atomic E-state index is -3.92. The van der Waals surface area contributed by atoms with Crippen LogP contribution in [0.4, 0.5) is 5.69 Å². The number of carbonyl (C=O) groups is 1. The molecule has 0 unspecified atom stereocenters. The second-order valence-electron chi connectivity index (χ2n) is 8.22. The van der Waals surface area contributed by atoms with E-state index >= 15 is 0 Å². The van der Waals surface area contributed by atoms with Gasteiger partial charge < -0.3 is 10.2 Å². The first-order valence-corrected chi connectivity index (χ1v) is 13.0. The van der Waals surface area contributed by atoms with Gasteiger partial charge in [-0.25, -0.2) is 8.42 Å². The summed E-state index contributed by atoms with van der Waals surface area (Å²) in [6.07, 6.45) is 5.90. The van der Waals surface area contributed by atoms with Gasteiger partial charge in [-0.3, -0.25) is 9.10 Å². The van der Waals surface area contributed by atoms with Crippen LogP contribution in [0.2, 0.25) is 5.02 Å². The summed E-state index contributed by atoms with van der Waals surface area (Å²) < 4.78 is 27.8. The lowest BCUT2D eigenvalue weighted by molar-refractivity contribution is -0.119. The summed E-state index contributed by atoms with van der Waals surface area (Å²) in [4.78, 5) is 15.3. The van der Waals surface area contributed by atoms with Gasteiger partial charge in [0.1, 0.15) is 6.54 Å². The number of benzene rings is 2. The normalized spacial score (nSPS) is 15.2. The lowest BCUT2D eigenvalue weighted by Gasteiger charge is -2.25. The van der Waals surface area contributed by atoms with Gasteiger partial charge in [-0.15, -0.1) is 0 Å². The van der Waals surface area contributed by atoms with Crippen molar-refractivity contribution < 1.29 is 13.2 Å². The molecule has 0 aromatic heterocycles. The van der Waals surface area contributed by atoms with Gasteiger partial charge in [-0.05, 0) is 75.6 Å². The van der Waals surface area contributed by atoms with Gasteiger partial charge in [0.05, 0.1) is 10.6 Å². The SMILES string of the molecule is Cc1ccc(N(CC(=O)NCCCN2CCCCCC2)S(=O)(=O)c2ccccc2)cc1Cl. The van der Waals surface area contributed by atoms with Crippen LogP contribution in [-0.2, 0) is 14.8 Å². The van der Waals surface area contributed by atoms with Gasteiger partial charge >= 0.3 is 0 Å². The Morgan fingerprint density at radius 1 is 1.06 bits per heavy atom.